The quantitative estimate of drug-likeness (QED) is 0.643. The standard InChI is InChI=1S/C11H13FN2O4/c1-7(2)13(6-10(15)16)9-5-3-4-8(12)11(9)14(17)18/h3-5,7H,6H2,1-2H3,(H,15,16). The summed E-state index contributed by atoms with van der Waals surface area (Å²) in [4.78, 5) is 22.0. The number of hydrogen-bond donors (Lipinski definition) is 1. The van der Waals surface area contributed by atoms with Crippen LogP contribution in [0.4, 0.5) is 15.8 Å². The van der Waals surface area contributed by atoms with E-state index in [1.807, 2.05) is 0 Å². The molecule has 0 fully saturated rings. The summed E-state index contributed by atoms with van der Waals surface area (Å²) in [6.07, 6.45) is 0. The van der Waals surface area contributed by atoms with Crippen LogP contribution in [-0.4, -0.2) is 28.6 Å². The van der Waals surface area contributed by atoms with Crippen LogP contribution < -0.4 is 4.90 Å². The molecule has 6 nitrogen and oxygen atoms in total. The highest BCUT2D eigenvalue weighted by Crippen LogP contribution is 2.31. The second-order valence-corrected chi connectivity index (χ2v) is 3.98. The Balaban J connectivity index is 3.32. The zero-order chi connectivity index (χ0) is 13.9. The van der Waals surface area contributed by atoms with Gasteiger partial charge in [0.2, 0.25) is 5.82 Å². The molecule has 0 atom stereocenters. The van der Waals surface area contributed by atoms with Gasteiger partial charge in [-0.05, 0) is 26.0 Å². The largest absolute Gasteiger partial charge is 0.480 e. The Morgan fingerprint density at radius 3 is 2.61 bits per heavy atom. The minimum absolute atomic E-state index is 0.0302. The normalized spacial score (nSPS) is 10.4. The van der Waals surface area contributed by atoms with Crippen molar-refractivity contribution in [1.29, 1.82) is 0 Å². The first-order valence-electron chi connectivity index (χ1n) is 5.26. The summed E-state index contributed by atoms with van der Waals surface area (Å²) in [5.41, 5.74) is -0.732. The highest BCUT2D eigenvalue weighted by atomic mass is 19.1. The molecule has 0 aliphatic rings. The summed E-state index contributed by atoms with van der Waals surface area (Å²) in [6.45, 7) is 2.93. The van der Waals surface area contributed by atoms with Crippen LogP contribution in [0.2, 0.25) is 0 Å². The molecule has 0 aliphatic heterocycles. The van der Waals surface area contributed by atoms with E-state index in [2.05, 4.69) is 0 Å². The van der Waals surface area contributed by atoms with E-state index in [0.717, 1.165) is 6.07 Å². The summed E-state index contributed by atoms with van der Waals surface area (Å²) in [5, 5.41) is 19.6. The third-order valence-electron chi connectivity index (χ3n) is 2.39. The van der Waals surface area contributed by atoms with Gasteiger partial charge in [0, 0.05) is 6.04 Å². The predicted molar refractivity (Wildman–Crippen MR) is 63.2 cm³/mol. The van der Waals surface area contributed by atoms with Crippen molar-refractivity contribution < 1.29 is 19.2 Å². The molecule has 98 valence electrons. The van der Waals surface area contributed by atoms with Crippen molar-refractivity contribution in [3.8, 4) is 0 Å². The number of aliphatic carboxylic acids is 1. The molecule has 1 rings (SSSR count). The molecule has 0 aromatic heterocycles. The zero-order valence-corrected chi connectivity index (χ0v) is 9.96. The lowest BCUT2D eigenvalue weighted by Gasteiger charge is -2.26. The first kappa shape index (κ1) is 13.9. The Morgan fingerprint density at radius 1 is 1.56 bits per heavy atom. The molecule has 1 aromatic carbocycles. The van der Waals surface area contributed by atoms with Crippen LogP contribution >= 0.6 is 0 Å². The van der Waals surface area contributed by atoms with Gasteiger partial charge in [-0.3, -0.25) is 14.9 Å². The highest BCUT2D eigenvalue weighted by Gasteiger charge is 2.26. The van der Waals surface area contributed by atoms with E-state index in [1.54, 1.807) is 13.8 Å². The third kappa shape index (κ3) is 2.93. The van der Waals surface area contributed by atoms with Crippen LogP contribution in [0.15, 0.2) is 18.2 Å². The average molecular weight is 256 g/mol. The average Bonchev–Trinajstić information content (AvgIpc) is 2.24. The van der Waals surface area contributed by atoms with Crippen LogP contribution in [0.5, 0.6) is 0 Å². The Kier molecular flexibility index (Phi) is 4.19. The van der Waals surface area contributed by atoms with Gasteiger partial charge in [-0.2, -0.15) is 4.39 Å². The van der Waals surface area contributed by atoms with E-state index in [9.17, 15) is 19.3 Å². The van der Waals surface area contributed by atoms with E-state index in [0.29, 0.717) is 0 Å². The van der Waals surface area contributed by atoms with Crippen molar-refractivity contribution in [2.75, 3.05) is 11.4 Å². The number of nitro groups is 1. The van der Waals surface area contributed by atoms with Gasteiger partial charge in [0.15, 0.2) is 0 Å². The Hall–Kier alpha value is -2.18. The molecule has 18 heavy (non-hydrogen) atoms. The van der Waals surface area contributed by atoms with Crippen molar-refractivity contribution >= 4 is 17.3 Å². The van der Waals surface area contributed by atoms with Crippen LogP contribution in [0.25, 0.3) is 0 Å². The Morgan fingerprint density at radius 2 is 2.17 bits per heavy atom. The molecule has 1 aromatic rings. The molecule has 1 N–H and O–H groups in total. The monoisotopic (exact) mass is 256 g/mol. The molecule has 0 amide bonds. The SMILES string of the molecule is CC(C)N(CC(=O)O)c1cccc(F)c1[N+](=O)[O-]. The third-order valence-corrected chi connectivity index (χ3v) is 2.39. The number of nitrogens with zero attached hydrogens (tertiary/aromatic N) is 2. The molecule has 0 heterocycles. The zero-order valence-electron chi connectivity index (χ0n) is 9.96. The van der Waals surface area contributed by atoms with Crippen molar-refractivity contribution in [2.45, 2.75) is 19.9 Å². The van der Waals surface area contributed by atoms with Crippen molar-refractivity contribution in [2.24, 2.45) is 0 Å². The lowest BCUT2D eigenvalue weighted by molar-refractivity contribution is -0.386. The van der Waals surface area contributed by atoms with E-state index in [1.165, 1.54) is 17.0 Å². The van der Waals surface area contributed by atoms with Crippen LogP contribution in [-0.2, 0) is 4.79 Å². The van der Waals surface area contributed by atoms with E-state index < -0.39 is 28.9 Å². The number of halogens is 1. The lowest BCUT2D eigenvalue weighted by Crippen LogP contribution is -2.36. The maximum absolute atomic E-state index is 13.4. The lowest BCUT2D eigenvalue weighted by atomic mass is 10.2. The summed E-state index contributed by atoms with van der Waals surface area (Å²) in [5.74, 6) is -2.12. The molecule has 0 spiro atoms. The molecule has 0 saturated heterocycles. The van der Waals surface area contributed by atoms with Crippen LogP contribution in [0, 0.1) is 15.9 Å². The number of carboxylic acids is 1. The van der Waals surface area contributed by atoms with Gasteiger partial charge in [0.25, 0.3) is 0 Å². The Labute approximate surface area is 103 Å². The molecule has 0 radical (unpaired) electrons. The minimum Gasteiger partial charge on any atom is -0.480 e. The summed E-state index contributed by atoms with van der Waals surface area (Å²) in [7, 11) is 0. The number of carbonyl (C=O) groups is 1. The maximum Gasteiger partial charge on any atom is 0.327 e. The van der Waals surface area contributed by atoms with E-state index >= 15 is 0 Å². The second kappa shape index (κ2) is 5.44. The predicted octanol–water partition coefficient (Wildman–Crippen LogP) is 2.03. The Bertz CT molecular complexity index is 476. The van der Waals surface area contributed by atoms with Crippen molar-refractivity contribution in [1.82, 2.24) is 0 Å². The van der Waals surface area contributed by atoms with Gasteiger partial charge < -0.3 is 10.0 Å². The fraction of sp³-hybridized carbons (Fsp3) is 0.364. The number of anilines is 1. The van der Waals surface area contributed by atoms with Gasteiger partial charge in [0.1, 0.15) is 12.2 Å². The molecular weight excluding hydrogens is 243 g/mol. The smallest absolute Gasteiger partial charge is 0.327 e. The fourth-order valence-electron chi connectivity index (χ4n) is 1.61. The molecule has 0 unspecified atom stereocenters. The first-order chi connectivity index (χ1) is 8.34. The summed E-state index contributed by atoms with van der Waals surface area (Å²) < 4.78 is 13.4. The van der Waals surface area contributed by atoms with Gasteiger partial charge in [-0.1, -0.05) is 6.07 Å². The van der Waals surface area contributed by atoms with Gasteiger partial charge >= 0.3 is 11.7 Å². The number of hydrogen-bond acceptors (Lipinski definition) is 4. The fourth-order valence-corrected chi connectivity index (χ4v) is 1.61. The van der Waals surface area contributed by atoms with Gasteiger partial charge in [-0.25, -0.2) is 0 Å². The van der Waals surface area contributed by atoms with Gasteiger partial charge in [-0.15, -0.1) is 0 Å². The second-order valence-electron chi connectivity index (χ2n) is 3.98. The molecule has 0 bridgehead atoms. The molecular formula is C11H13FN2O4. The number of benzene rings is 1. The van der Waals surface area contributed by atoms with Gasteiger partial charge in [0.05, 0.1) is 4.92 Å². The topological polar surface area (TPSA) is 83.7 Å². The first-order valence-corrected chi connectivity index (χ1v) is 5.26. The summed E-state index contributed by atoms with van der Waals surface area (Å²) in [6, 6.07) is 3.32. The number of rotatable bonds is 5. The maximum atomic E-state index is 13.4. The number of carboxylic acid groups (broad SMARTS) is 1. The van der Waals surface area contributed by atoms with Crippen molar-refractivity contribution in [3.05, 3.63) is 34.1 Å². The molecule has 0 aliphatic carbocycles. The van der Waals surface area contributed by atoms with E-state index in [-0.39, 0.29) is 11.7 Å². The minimum atomic E-state index is -1.14. The number of para-hydroxylation sites is 1. The summed E-state index contributed by atoms with van der Waals surface area (Å²) >= 11 is 0. The van der Waals surface area contributed by atoms with Crippen LogP contribution in [0.1, 0.15) is 13.8 Å². The van der Waals surface area contributed by atoms with E-state index in [4.69, 9.17) is 5.11 Å². The molecule has 7 heteroatoms. The van der Waals surface area contributed by atoms with Crippen molar-refractivity contribution in [3.63, 3.8) is 0 Å². The molecule has 0 saturated carbocycles. The van der Waals surface area contributed by atoms with Crippen LogP contribution in [0.3, 0.4) is 0 Å². The number of nitro benzene ring substituents is 1. The highest BCUT2D eigenvalue weighted by molar-refractivity contribution is 5.76.